The van der Waals surface area contributed by atoms with E-state index in [2.05, 4.69) is 13.8 Å². The minimum Gasteiger partial charge on any atom is -0.496 e. The molecule has 0 bridgehead atoms. The summed E-state index contributed by atoms with van der Waals surface area (Å²) in [4.78, 5) is 10.9. The van der Waals surface area contributed by atoms with Crippen LogP contribution in [0.25, 0.3) is 0 Å². The molecule has 88 valence electrons. The Bertz CT molecular complexity index is 397. The molecule has 16 heavy (non-hydrogen) atoms. The van der Waals surface area contributed by atoms with Gasteiger partial charge in [0.25, 0.3) is 0 Å². The third kappa shape index (κ3) is 2.75. The summed E-state index contributed by atoms with van der Waals surface area (Å²) in [6, 6.07) is 3.98. The second-order valence-corrected chi connectivity index (χ2v) is 4.32. The number of benzene rings is 1. The first-order valence-corrected chi connectivity index (χ1v) is 5.41. The SMILES string of the molecule is COc1cc(C)c(CC(N)=O)cc1C(C)C. The smallest absolute Gasteiger partial charge is 0.221 e. The van der Waals surface area contributed by atoms with Gasteiger partial charge in [-0.2, -0.15) is 0 Å². The van der Waals surface area contributed by atoms with E-state index in [1.54, 1.807) is 7.11 Å². The Balaban J connectivity index is 3.21. The molecule has 1 amide bonds. The van der Waals surface area contributed by atoms with E-state index in [4.69, 9.17) is 10.5 Å². The zero-order valence-corrected chi connectivity index (χ0v) is 10.3. The highest BCUT2D eigenvalue weighted by molar-refractivity contribution is 5.77. The van der Waals surface area contributed by atoms with Crippen LogP contribution < -0.4 is 10.5 Å². The van der Waals surface area contributed by atoms with Crippen molar-refractivity contribution < 1.29 is 9.53 Å². The second kappa shape index (κ2) is 5.01. The van der Waals surface area contributed by atoms with Gasteiger partial charge in [0, 0.05) is 0 Å². The van der Waals surface area contributed by atoms with Crippen molar-refractivity contribution in [3.8, 4) is 5.75 Å². The molecule has 3 heteroatoms. The van der Waals surface area contributed by atoms with Crippen molar-refractivity contribution in [2.45, 2.75) is 33.1 Å². The maximum absolute atomic E-state index is 10.9. The van der Waals surface area contributed by atoms with E-state index in [0.717, 1.165) is 22.4 Å². The lowest BCUT2D eigenvalue weighted by Gasteiger charge is -2.15. The second-order valence-electron chi connectivity index (χ2n) is 4.32. The number of primary amides is 1. The highest BCUT2D eigenvalue weighted by atomic mass is 16.5. The van der Waals surface area contributed by atoms with Crippen LogP contribution >= 0.6 is 0 Å². The van der Waals surface area contributed by atoms with E-state index >= 15 is 0 Å². The minimum absolute atomic E-state index is 0.287. The topological polar surface area (TPSA) is 52.3 Å². The molecule has 1 rings (SSSR count). The van der Waals surface area contributed by atoms with Gasteiger partial charge >= 0.3 is 0 Å². The van der Waals surface area contributed by atoms with Crippen LogP contribution in [0.1, 0.15) is 36.5 Å². The van der Waals surface area contributed by atoms with E-state index in [-0.39, 0.29) is 12.3 Å². The molecule has 0 spiro atoms. The summed E-state index contributed by atoms with van der Waals surface area (Å²) in [6.07, 6.45) is 0.287. The lowest BCUT2D eigenvalue weighted by atomic mass is 9.95. The molecule has 1 aromatic carbocycles. The molecule has 0 unspecified atom stereocenters. The van der Waals surface area contributed by atoms with Crippen molar-refractivity contribution in [1.29, 1.82) is 0 Å². The Morgan fingerprint density at radius 3 is 2.50 bits per heavy atom. The largest absolute Gasteiger partial charge is 0.496 e. The summed E-state index contributed by atoms with van der Waals surface area (Å²) in [6.45, 7) is 6.16. The summed E-state index contributed by atoms with van der Waals surface area (Å²) < 4.78 is 5.33. The molecule has 0 radical (unpaired) electrons. The van der Waals surface area contributed by atoms with Crippen LogP contribution in [0.15, 0.2) is 12.1 Å². The van der Waals surface area contributed by atoms with Crippen molar-refractivity contribution in [1.82, 2.24) is 0 Å². The summed E-state index contributed by atoms with van der Waals surface area (Å²) in [5.74, 6) is 0.936. The number of carbonyl (C=O) groups is 1. The summed E-state index contributed by atoms with van der Waals surface area (Å²) in [5.41, 5.74) is 8.36. The van der Waals surface area contributed by atoms with Gasteiger partial charge in [-0.3, -0.25) is 4.79 Å². The lowest BCUT2D eigenvalue weighted by molar-refractivity contribution is -0.117. The van der Waals surface area contributed by atoms with Crippen molar-refractivity contribution >= 4 is 5.91 Å². The molecule has 2 N–H and O–H groups in total. The van der Waals surface area contributed by atoms with Gasteiger partial charge in [-0.05, 0) is 35.6 Å². The molecular weight excluding hydrogens is 202 g/mol. The number of carbonyl (C=O) groups excluding carboxylic acids is 1. The van der Waals surface area contributed by atoms with Gasteiger partial charge in [-0.25, -0.2) is 0 Å². The molecule has 0 aromatic heterocycles. The zero-order valence-electron chi connectivity index (χ0n) is 10.3. The standard InChI is InChI=1S/C13H19NO2/c1-8(2)11-6-10(7-13(14)15)9(3)5-12(11)16-4/h5-6,8H,7H2,1-4H3,(H2,14,15). The Morgan fingerprint density at radius 1 is 1.44 bits per heavy atom. The normalized spacial score (nSPS) is 10.6. The van der Waals surface area contributed by atoms with Gasteiger partial charge in [0.15, 0.2) is 0 Å². The number of hydrogen-bond acceptors (Lipinski definition) is 2. The van der Waals surface area contributed by atoms with Crippen molar-refractivity contribution in [3.05, 3.63) is 28.8 Å². The van der Waals surface area contributed by atoms with E-state index < -0.39 is 0 Å². The van der Waals surface area contributed by atoms with Crippen molar-refractivity contribution in [2.75, 3.05) is 7.11 Å². The first kappa shape index (κ1) is 12.6. The number of amides is 1. The molecule has 0 atom stereocenters. The minimum atomic E-state index is -0.303. The van der Waals surface area contributed by atoms with Gasteiger partial charge in [-0.1, -0.05) is 19.9 Å². The monoisotopic (exact) mass is 221 g/mol. The van der Waals surface area contributed by atoms with Crippen LogP contribution in [0.5, 0.6) is 5.75 Å². The van der Waals surface area contributed by atoms with Crippen LogP contribution in [0, 0.1) is 6.92 Å². The Kier molecular flexibility index (Phi) is 3.93. The maximum atomic E-state index is 10.9. The lowest BCUT2D eigenvalue weighted by Crippen LogP contribution is -2.15. The van der Waals surface area contributed by atoms with E-state index in [9.17, 15) is 4.79 Å². The predicted octanol–water partition coefficient (Wildman–Crippen LogP) is 2.15. The molecule has 0 aliphatic heterocycles. The molecule has 0 saturated carbocycles. The highest BCUT2D eigenvalue weighted by Gasteiger charge is 2.12. The molecular formula is C13H19NO2. The van der Waals surface area contributed by atoms with Gasteiger partial charge in [0.2, 0.25) is 5.91 Å². The number of nitrogens with two attached hydrogens (primary N) is 1. The van der Waals surface area contributed by atoms with Crippen LogP contribution in [0.3, 0.4) is 0 Å². The quantitative estimate of drug-likeness (QED) is 0.847. The molecule has 0 saturated heterocycles. The predicted molar refractivity (Wildman–Crippen MR) is 64.7 cm³/mol. The van der Waals surface area contributed by atoms with E-state index in [1.807, 2.05) is 19.1 Å². The van der Waals surface area contributed by atoms with Crippen LogP contribution in [0.2, 0.25) is 0 Å². The average molecular weight is 221 g/mol. The third-order valence-corrected chi connectivity index (χ3v) is 2.67. The maximum Gasteiger partial charge on any atom is 0.221 e. The number of ether oxygens (including phenoxy) is 1. The Hall–Kier alpha value is -1.51. The fourth-order valence-electron chi connectivity index (χ4n) is 1.75. The molecule has 0 aliphatic carbocycles. The summed E-state index contributed by atoms with van der Waals surface area (Å²) in [7, 11) is 1.66. The third-order valence-electron chi connectivity index (χ3n) is 2.67. The van der Waals surface area contributed by atoms with E-state index in [1.165, 1.54) is 0 Å². The van der Waals surface area contributed by atoms with Gasteiger partial charge in [-0.15, -0.1) is 0 Å². The van der Waals surface area contributed by atoms with Crippen LogP contribution in [-0.4, -0.2) is 13.0 Å². The molecule has 0 aliphatic rings. The number of hydrogen-bond donors (Lipinski definition) is 1. The summed E-state index contributed by atoms with van der Waals surface area (Å²) in [5, 5.41) is 0. The van der Waals surface area contributed by atoms with Crippen LogP contribution in [0.4, 0.5) is 0 Å². The number of aryl methyl sites for hydroxylation is 1. The first-order chi connectivity index (χ1) is 7.45. The van der Waals surface area contributed by atoms with E-state index in [0.29, 0.717) is 5.92 Å². The average Bonchev–Trinajstić information content (AvgIpc) is 2.19. The Morgan fingerprint density at radius 2 is 2.06 bits per heavy atom. The molecule has 0 fully saturated rings. The van der Waals surface area contributed by atoms with Crippen molar-refractivity contribution in [2.24, 2.45) is 5.73 Å². The van der Waals surface area contributed by atoms with Crippen molar-refractivity contribution in [3.63, 3.8) is 0 Å². The number of rotatable bonds is 4. The fourth-order valence-corrected chi connectivity index (χ4v) is 1.75. The first-order valence-electron chi connectivity index (χ1n) is 5.41. The van der Waals surface area contributed by atoms with Crippen LogP contribution in [-0.2, 0) is 11.2 Å². The number of methoxy groups -OCH3 is 1. The molecule has 1 aromatic rings. The zero-order chi connectivity index (χ0) is 12.3. The molecule has 3 nitrogen and oxygen atoms in total. The highest BCUT2D eigenvalue weighted by Crippen LogP contribution is 2.29. The fraction of sp³-hybridized carbons (Fsp3) is 0.462. The summed E-state index contributed by atoms with van der Waals surface area (Å²) >= 11 is 0. The molecule has 0 heterocycles. The Labute approximate surface area is 96.6 Å². The van der Waals surface area contributed by atoms with Gasteiger partial charge in [0.05, 0.1) is 13.5 Å². The van der Waals surface area contributed by atoms with Gasteiger partial charge < -0.3 is 10.5 Å². The van der Waals surface area contributed by atoms with Gasteiger partial charge in [0.1, 0.15) is 5.75 Å².